The fourth-order valence-electron chi connectivity index (χ4n) is 1.43. The lowest BCUT2D eigenvalue weighted by Crippen LogP contribution is -2.11. The molecule has 0 aliphatic rings. The molecule has 0 aliphatic carbocycles. The van der Waals surface area contributed by atoms with Gasteiger partial charge in [0.2, 0.25) is 0 Å². The molecule has 96 valence electrons. The Labute approximate surface area is 102 Å². The standard InChI is InChI=1S/C12H22N4O/c1-8(2)11-15-10(13)9(3)12(16-11)14-6-4-5-7-17/h8,17H,4-7H2,1-3H3,(H3,13,14,15,16). The maximum atomic E-state index is 8.71. The van der Waals surface area contributed by atoms with Crippen molar-refractivity contribution in [3.8, 4) is 0 Å². The number of aromatic nitrogens is 2. The molecule has 0 saturated carbocycles. The number of anilines is 2. The molecular weight excluding hydrogens is 216 g/mol. The van der Waals surface area contributed by atoms with Crippen molar-refractivity contribution >= 4 is 11.6 Å². The van der Waals surface area contributed by atoms with Gasteiger partial charge in [-0.25, -0.2) is 9.97 Å². The van der Waals surface area contributed by atoms with Crippen LogP contribution in [0.1, 0.15) is 44.0 Å². The van der Waals surface area contributed by atoms with Gasteiger partial charge in [0.1, 0.15) is 17.5 Å². The molecule has 0 atom stereocenters. The molecule has 1 aromatic heterocycles. The first-order valence-corrected chi connectivity index (χ1v) is 6.05. The summed E-state index contributed by atoms with van der Waals surface area (Å²) in [6, 6.07) is 0. The van der Waals surface area contributed by atoms with Crippen LogP contribution in [0, 0.1) is 6.92 Å². The maximum absolute atomic E-state index is 8.71. The number of unbranched alkanes of at least 4 members (excludes halogenated alkanes) is 1. The number of hydrogen-bond donors (Lipinski definition) is 3. The van der Waals surface area contributed by atoms with Crippen molar-refractivity contribution in [2.24, 2.45) is 0 Å². The van der Waals surface area contributed by atoms with Gasteiger partial charge in [-0.15, -0.1) is 0 Å². The van der Waals surface area contributed by atoms with E-state index in [2.05, 4.69) is 15.3 Å². The Morgan fingerprint density at radius 2 is 2.00 bits per heavy atom. The third kappa shape index (κ3) is 3.85. The molecule has 1 rings (SSSR count). The van der Waals surface area contributed by atoms with E-state index in [0.29, 0.717) is 5.82 Å². The first-order valence-electron chi connectivity index (χ1n) is 6.05. The SMILES string of the molecule is Cc1c(N)nc(C(C)C)nc1NCCCCO. The van der Waals surface area contributed by atoms with E-state index in [9.17, 15) is 0 Å². The number of nitrogens with zero attached hydrogens (tertiary/aromatic N) is 2. The third-order valence-corrected chi connectivity index (χ3v) is 2.59. The van der Waals surface area contributed by atoms with E-state index >= 15 is 0 Å². The van der Waals surface area contributed by atoms with Crippen molar-refractivity contribution < 1.29 is 5.11 Å². The monoisotopic (exact) mass is 238 g/mol. The minimum Gasteiger partial charge on any atom is -0.396 e. The predicted molar refractivity (Wildman–Crippen MR) is 70.1 cm³/mol. The fraction of sp³-hybridized carbons (Fsp3) is 0.667. The number of nitrogens with two attached hydrogens (primary N) is 1. The molecule has 5 nitrogen and oxygen atoms in total. The van der Waals surface area contributed by atoms with Gasteiger partial charge in [-0.2, -0.15) is 0 Å². The molecular formula is C12H22N4O. The average molecular weight is 238 g/mol. The molecule has 0 aliphatic heterocycles. The average Bonchev–Trinajstić information content (AvgIpc) is 2.29. The van der Waals surface area contributed by atoms with Crippen molar-refractivity contribution in [3.05, 3.63) is 11.4 Å². The molecule has 0 unspecified atom stereocenters. The quantitative estimate of drug-likeness (QED) is 0.657. The van der Waals surface area contributed by atoms with Gasteiger partial charge in [0.05, 0.1) is 0 Å². The lowest BCUT2D eigenvalue weighted by atomic mass is 10.2. The lowest BCUT2D eigenvalue weighted by molar-refractivity contribution is 0.286. The fourth-order valence-corrected chi connectivity index (χ4v) is 1.43. The van der Waals surface area contributed by atoms with Crippen molar-refractivity contribution in [1.29, 1.82) is 0 Å². The van der Waals surface area contributed by atoms with Gasteiger partial charge in [0.25, 0.3) is 0 Å². The Balaban J connectivity index is 2.75. The van der Waals surface area contributed by atoms with Crippen molar-refractivity contribution in [2.45, 2.75) is 39.5 Å². The molecule has 5 heteroatoms. The molecule has 0 spiro atoms. The third-order valence-electron chi connectivity index (χ3n) is 2.59. The molecule has 0 radical (unpaired) electrons. The van der Waals surface area contributed by atoms with E-state index in [-0.39, 0.29) is 12.5 Å². The summed E-state index contributed by atoms with van der Waals surface area (Å²) in [5.74, 6) is 2.36. The normalized spacial score (nSPS) is 10.9. The summed E-state index contributed by atoms with van der Waals surface area (Å²) in [6.07, 6.45) is 1.71. The highest BCUT2D eigenvalue weighted by Gasteiger charge is 2.10. The molecule has 0 amide bonds. The van der Waals surface area contributed by atoms with Gasteiger partial charge in [-0.1, -0.05) is 13.8 Å². The topological polar surface area (TPSA) is 84.1 Å². The molecule has 0 bridgehead atoms. The Kier molecular flexibility index (Phi) is 5.15. The number of nitrogens with one attached hydrogen (secondary N) is 1. The van der Waals surface area contributed by atoms with Crippen LogP contribution >= 0.6 is 0 Å². The Bertz CT molecular complexity index is 366. The zero-order valence-electron chi connectivity index (χ0n) is 10.8. The molecule has 1 heterocycles. The van der Waals surface area contributed by atoms with E-state index in [1.807, 2.05) is 20.8 Å². The molecule has 4 N–H and O–H groups in total. The van der Waals surface area contributed by atoms with Crippen LogP contribution in [0.15, 0.2) is 0 Å². The van der Waals surface area contributed by atoms with E-state index in [1.165, 1.54) is 0 Å². The highest BCUT2D eigenvalue weighted by atomic mass is 16.2. The van der Waals surface area contributed by atoms with Crippen LogP contribution in [0.25, 0.3) is 0 Å². The van der Waals surface area contributed by atoms with Crippen molar-refractivity contribution in [2.75, 3.05) is 24.2 Å². The second-order valence-electron chi connectivity index (χ2n) is 4.45. The zero-order chi connectivity index (χ0) is 12.8. The molecule has 0 saturated heterocycles. The van der Waals surface area contributed by atoms with Crippen LogP contribution in [0.2, 0.25) is 0 Å². The summed E-state index contributed by atoms with van der Waals surface area (Å²) < 4.78 is 0. The molecule has 17 heavy (non-hydrogen) atoms. The lowest BCUT2D eigenvalue weighted by Gasteiger charge is -2.13. The van der Waals surface area contributed by atoms with E-state index in [4.69, 9.17) is 10.8 Å². The summed E-state index contributed by atoms with van der Waals surface area (Å²) in [7, 11) is 0. The number of hydrogen-bond acceptors (Lipinski definition) is 5. The summed E-state index contributed by atoms with van der Waals surface area (Å²) in [5, 5.41) is 11.9. The largest absolute Gasteiger partial charge is 0.396 e. The maximum Gasteiger partial charge on any atom is 0.135 e. The second kappa shape index (κ2) is 6.39. The predicted octanol–water partition coefficient (Wildman–Crippen LogP) is 1.68. The summed E-state index contributed by atoms with van der Waals surface area (Å²) in [6.45, 7) is 7.01. The van der Waals surface area contributed by atoms with Crippen molar-refractivity contribution in [1.82, 2.24) is 9.97 Å². The highest BCUT2D eigenvalue weighted by molar-refractivity contribution is 5.54. The van der Waals surface area contributed by atoms with Crippen LogP contribution < -0.4 is 11.1 Å². The Morgan fingerprint density at radius 3 is 2.59 bits per heavy atom. The minimum atomic E-state index is 0.226. The van der Waals surface area contributed by atoms with E-state index < -0.39 is 0 Å². The van der Waals surface area contributed by atoms with Crippen LogP contribution in [-0.2, 0) is 0 Å². The number of aliphatic hydroxyl groups is 1. The van der Waals surface area contributed by atoms with E-state index in [1.54, 1.807) is 0 Å². The zero-order valence-corrected chi connectivity index (χ0v) is 10.8. The number of nitrogen functional groups attached to an aromatic ring is 1. The Hall–Kier alpha value is -1.36. The molecule has 0 fully saturated rings. The Morgan fingerprint density at radius 1 is 1.29 bits per heavy atom. The van der Waals surface area contributed by atoms with Crippen molar-refractivity contribution in [3.63, 3.8) is 0 Å². The van der Waals surface area contributed by atoms with Gasteiger partial charge in [0.15, 0.2) is 0 Å². The smallest absolute Gasteiger partial charge is 0.135 e. The van der Waals surface area contributed by atoms with Crippen LogP contribution in [0.3, 0.4) is 0 Å². The first-order chi connectivity index (χ1) is 8.06. The van der Waals surface area contributed by atoms with Gasteiger partial charge in [-0.3, -0.25) is 0 Å². The van der Waals surface area contributed by atoms with Gasteiger partial charge < -0.3 is 16.2 Å². The van der Waals surface area contributed by atoms with E-state index in [0.717, 1.165) is 36.6 Å². The minimum absolute atomic E-state index is 0.226. The molecule has 1 aromatic rings. The number of rotatable bonds is 6. The summed E-state index contributed by atoms with van der Waals surface area (Å²) >= 11 is 0. The van der Waals surface area contributed by atoms with Crippen LogP contribution in [0.5, 0.6) is 0 Å². The second-order valence-corrected chi connectivity index (χ2v) is 4.45. The summed E-state index contributed by atoms with van der Waals surface area (Å²) in [4.78, 5) is 8.73. The van der Waals surface area contributed by atoms with Gasteiger partial charge >= 0.3 is 0 Å². The van der Waals surface area contributed by atoms with Crippen LogP contribution in [-0.4, -0.2) is 28.2 Å². The molecule has 0 aromatic carbocycles. The van der Waals surface area contributed by atoms with Gasteiger partial charge in [0, 0.05) is 24.6 Å². The first kappa shape index (κ1) is 13.7. The number of aliphatic hydroxyl groups excluding tert-OH is 1. The van der Waals surface area contributed by atoms with Gasteiger partial charge in [-0.05, 0) is 19.8 Å². The summed E-state index contributed by atoms with van der Waals surface area (Å²) in [5.41, 5.74) is 6.75. The highest BCUT2D eigenvalue weighted by Crippen LogP contribution is 2.20. The van der Waals surface area contributed by atoms with Crippen LogP contribution in [0.4, 0.5) is 11.6 Å².